The van der Waals surface area contributed by atoms with E-state index in [2.05, 4.69) is 10.5 Å². The Labute approximate surface area is 167 Å². The van der Waals surface area contributed by atoms with Gasteiger partial charge in [0.05, 0.1) is 11.9 Å². The van der Waals surface area contributed by atoms with Crippen LogP contribution >= 0.6 is 0 Å². The highest BCUT2D eigenvalue weighted by molar-refractivity contribution is 6.26. The predicted octanol–water partition coefficient (Wildman–Crippen LogP) is 4.10. The number of carbonyl (C=O) groups excluding carboxylic acids is 2. The Morgan fingerprint density at radius 2 is 1.62 bits per heavy atom. The molecule has 0 radical (unpaired) electrons. The van der Waals surface area contributed by atoms with E-state index < -0.39 is 0 Å². The number of anilines is 1. The van der Waals surface area contributed by atoms with Gasteiger partial charge >= 0.3 is 0 Å². The number of benzene rings is 4. The summed E-state index contributed by atoms with van der Waals surface area (Å²) in [6, 6.07) is 25.3. The van der Waals surface area contributed by atoms with E-state index in [9.17, 15) is 9.59 Å². The van der Waals surface area contributed by atoms with Gasteiger partial charge in [0, 0.05) is 16.5 Å². The minimum Gasteiger partial charge on any atom is -0.298 e. The number of nitrogens with one attached hydrogen (secondary N) is 1. The van der Waals surface area contributed by atoms with Crippen molar-refractivity contribution in [3.05, 3.63) is 90.0 Å². The van der Waals surface area contributed by atoms with Gasteiger partial charge in [-0.15, -0.1) is 0 Å². The van der Waals surface area contributed by atoms with E-state index in [1.54, 1.807) is 12.3 Å². The first kappa shape index (κ1) is 17.1. The summed E-state index contributed by atoms with van der Waals surface area (Å²) in [6.07, 6.45) is 1.63. The fourth-order valence-electron chi connectivity index (χ4n) is 3.85. The van der Waals surface area contributed by atoms with E-state index in [0.29, 0.717) is 5.56 Å². The molecule has 4 aromatic carbocycles. The van der Waals surface area contributed by atoms with Crippen LogP contribution in [-0.4, -0.2) is 24.6 Å². The number of hydrogen-bond donors (Lipinski definition) is 1. The van der Waals surface area contributed by atoms with E-state index >= 15 is 0 Å². The van der Waals surface area contributed by atoms with Crippen molar-refractivity contribution in [1.82, 2.24) is 5.43 Å². The second-order valence-electron chi connectivity index (χ2n) is 6.93. The van der Waals surface area contributed by atoms with Gasteiger partial charge in [-0.05, 0) is 28.3 Å². The first-order valence-corrected chi connectivity index (χ1v) is 9.36. The van der Waals surface area contributed by atoms with Crippen molar-refractivity contribution in [3.63, 3.8) is 0 Å². The van der Waals surface area contributed by atoms with Crippen molar-refractivity contribution in [2.75, 3.05) is 11.4 Å². The summed E-state index contributed by atoms with van der Waals surface area (Å²) in [4.78, 5) is 26.7. The first-order valence-electron chi connectivity index (χ1n) is 9.36. The van der Waals surface area contributed by atoms with Crippen LogP contribution in [0.15, 0.2) is 84.0 Å². The molecule has 2 amide bonds. The maximum absolute atomic E-state index is 12.8. The first-order chi connectivity index (χ1) is 14.2. The monoisotopic (exact) mass is 379 g/mol. The number of rotatable bonds is 4. The highest BCUT2D eigenvalue weighted by Crippen LogP contribution is 2.36. The molecule has 5 nitrogen and oxygen atoms in total. The Kier molecular flexibility index (Phi) is 4.06. The number of nitrogens with zero attached hydrogens (tertiary/aromatic N) is 2. The highest BCUT2D eigenvalue weighted by Gasteiger charge is 2.30. The summed E-state index contributed by atoms with van der Waals surface area (Å²) >= 11 is 0. The average Bonchev–Trinajstić information content (AvgIpc) is 3.02. The number of hydrogen-bond acceptors (Lipinski definition) is 3. The van der Waals surface area contributed by atoms with Crippen LogP contribution in [0.2, 0.25) is 0 Å². The van der Waals surface area contributed by atoms with Crippen LogP contribution in [0.5, 0.6) is 0 Å². The van der Waals surface area contributed by atoms with Crippen molar-refractivity contribution in [3.8, 4) is 0 Å². The number of hydrazone groups is 1. The molecule has 5 rings (SSSR count). The van der Waals surface area contributed by atoms with Crippen molar-refractivity contribution in [2.24, 2.45) is 5.10 Å². The Balaban J connectivity index is 1.34. The topological polar surface area (TPSA) is 61.8 Å². The molecule has 0 unspecified atom stereocenters. The normalized spacial score (nSPS) is 13.0. The van der Waals surface area contributed by atoms with E-state index in [1.807, 2.05) is 72.8 Å². The third-order valence-corrected chi connectivity index (χ3v) is 5.17. The summed E-state index contributed by atoms with van der Waals surface area (Å²) in [6.45, 7) is -0.0838. The molecule has 5 heteroatoms. The van der Waals surface area contributed by atoms with Crippen LogP contribution in [0.1, 0.15) is 15.9 Å². The molecule has 0 fully saturated rings. The van der Waals surface area contributed by atoms with E-state index in [4.69, 9.17) is 0 Å². The maximum atomic E-state index is 12.8. The maximum Gasteiger partial charge on any atom is 0.260 e. The molecule has 0 spiro atoms. The fraction of sp³-hybridized carbons (Fsp3) is 0.0417. The minimum atomic E-state index is -0.348. The zero-order chi connectivity index (χ0) is 19.8. The van der Waals surface area contributed by atoms with Crippen molar-refractivity contribution in [1.29, 1.82) is 0 Å². The lowest BCUT2D eigenvalue weighted by Gasteiger charge is -2.16. The molecule has 0 aromatic heterocycles. The summed E-state index contributed by atoms with van der Waals surface area (Å²) in [5, 5.41) is 8.15. The smallest absolute Gasteiger partial charge is 0.260 e. The average molecular weight is 379 g/mol. The molecular formula is C24H17N3O2. The van der Waals surface area contributed by atoms with E-state index in [-0.39, 0.29) is 18.4 Å². The van der Waals surface area contributed by atoms with Gasteiger partial charge in [0.2, 0.25) is 0 Å². The Hall–Kier alpha value is -3.99. The standard InChI is InChI=1S/C24H17N3O2/c28-22(26-25-14-18-10-3-7-16-6-1-2-11-19(16)18)15-27-21-13-5-9-17-8-4-12-20(23(17)21)24(27)29/h1-14H,15H2,(H,26,28)/b25-14-. The second-order valence-corrected chi connectivity index (χ2v) is 6.93. The van der Waals surface area contributed by atoms with Gasteiger partial charge in [0.1, 0.15) is 6.54 Å². The lowest BCUT2D eigenvalue weighted by molar-refractivity contribution is -0.119. The van der Waals surface area contributed by atoms with Crippen molar-refractivity contribution in [2.45, 2.75) is 0 Å². The summed E-state index contributed by atoms with van der Waals surface area (Å²) in [5.74, 6) is -0.510. The molecule has 29 heavy (non-hydrogen) atoms. The largest absolute Gasteiger partial charge is 0.298 e. The quantitative estimate of drug-likeness (QED) is 0.429. The van der Waals surface area contributed by atoms with Crippen LogP contribution < -0.4 is 10.3 Å². The second kappa shape index (κ2) is 6.87. The summed E-state index contributed by atoms with van der Waals surface area (Å²) < 4.78 is 0. The minimum absolute atomic E-state index is 0.0838. The van der Waals surface area contributed by atoms with Gasteiger partial charge < -0.3 is 0 Å². The van der Waals surface area contributed by atoms with Gasteiger partial charge in [0.25, 0.3) is 11.8 Å². The van der Waals surface area contributed by atoms with Crippen LogP contribution in [0.25, 0.3) is 21.5 Å². The molecule has 1 N–H and O–H groups in total. The molecule has 140 valence electrons. The molecule has 1 heterocycles. The zero-order valence-corrected chi connectivity index (χ0v) is 15.5. The Morgan fingerprint density at radius 3 is 2.52 bits per heavy atom. The molecule has 0 atom stereocenters. The number of carbonyl (C=O) groups is 2. The third kappa shape index (κ3) is 2.93. The summed E-state index contributed by atoms with van der Waals surface area (Å²) in [5.41, 5.74) is 4.84. The number of amides is 2. The van der Waals surface area contributed by atoms with Gasteiger partial charge in [-0.25, -0.2) is 5.43 Å². The highest BCUT2D eigenvalue weighted by atomic mass is 16.2. The van der Waals surface area contributed by atoms with Gasteiger partial charge in [-0.1, -0.05) is 66.7 Å². The van der Waals surface area contributed by atoms with Crippen LogP contribution in [0, 0.1) is 0 Å². The fourth-order valence-corrected chi connectivity index (χ4v) is 3.85. The lowest BCUT2D eigenvalue weighted by atomic mass is 10.1. The Bertz CT molecular complexity index is 1300. The molecule has 0 aliphatic carbocycles. The zero-order valence-electron chi connectivity index (χ0n) is 15.5. The van der Waals surface area contributed by atoms with Gasteiger partial charge in [-0.3, -0.25) is 14.5 Å². The molecule has 0 saturated carbocycles. The lowest BCUT2D eigenvalue weighted by Crippen LogP contribution is -2.37. The molecule has 1 aliphatic rings. The van der Waals surface area contributed by atoms with Crippen LogP contribution in [0.4, 0.5) is 5.69 Å². The van der Waals surface area contributed by atoms with Crippen LogP contribution in [-0.2, 0) is 4.79 Å². The molecule has 1 aliphatic heterocycles. The molecule has 0 saturated heterocycles. The SMILES string of the molecule is O=C(CN1C(=O)c2cccc3cccc1c23)N/N=C\c1cccc2ccccc12. The predicted molar refractivity (Wildman–Crippen MR) is 115 cm³/mol. The Morgan fingerprint density at radius 1 is 0.897 bits per heavy atom. The molecular weight excluding hydrogens is 362 g/mol. The van der Waals surface area contributed by atoms with Gasteiger partial charge in [-0.2, -0.15) is 5.10 Å². The summed E-state index contributed by atoms with van der Waals surface area (Å²) in [7, 11) is 0. The van der Waals surface area contributed by atoms with Gasteiger partial charge in [0.15, 0.2) is 0 Å². The van der Waals surface area contributed by atoms with Crippen molar-refractivity contribution < 1.29 is 9.59 Å². The molecule has 4 aromatic rings. The molecule has 0 bridgehead atoms. The van der Waals surface area contributed by atoms with Crippen molar-refractivity contribution >= 4 is 45.3 Å². The van der Waals surface area contributed by atoms with E-state index in [1.165, 1.54) is 4.90 Å². The van der Waals surface area contributed by atoms with Crippen LogP contribution in [0.3, 0.4) is 0 Å². The van der Waals surface area contributed by atoms with E-state index in [0.717, 1.165) is 32.8 Å². The number of fused-ring (bicyclic) bond motifs is 1. The third-order valence-electron chi connectivity index (χ3n) is 5.17.